The van der Waals surface area contributed by atoms with Crippen LogP contribution >= 0.6 is 11.8 Å². The second-order valence-electron chi connectivity index (χ2n) is 7.88. The molecule has 1 amide bonds. The lowest BCUT2D eigenvalue weighted by Gasteiger charge is -2.28. The number of carboxylic acids is 1. The number of hydrogen-bond donors (Lipinski definition) is 2. The molecule has 0 aliphatic heterocycles. The van der Waals surface area contributed by atoms with Gasteiger partial charge in [0, 0.05) is 22.3 Å². The Morgan fingerprint density at radius 3 is 2.18 bits per heavy atom. The first kappa shape index (κ1) is 22.6. The molecule has 1 atom stereocenters. The monoisotopic (exact) mass is 456 g/mol. The summed E-state index contributed by atoms with van der Waals surface area (Å²) in [6, 6.07) is 26.0. The third-order valence-electron chi connectivity index (χ3n) is 5.70. The Hall–Kier alpha value is -3.64. The molecule has 0 spiro atoms. The number of amides is 1. The fourth-order valence-electron chi connectivity index (χ4n) is 3.94. The van der Waals surface area contributed by atoms with Gasteiger partial charge in [-0.05, 0) is 24.8 Å². The molecule has 0 aliphatic rings. The molecular formula is C27H24N2O3S. The van der Waals surface area contributed by atoms with Crippen LogP contribution < -0.4 is 5.32 Å². The van der Waals surface area contributed by atoms with Crippen molar-refractivity contribution in [2.75, 3.05) is 6.26 Å². The minimum Gasteiger partial charge on any atom is -0.479 e. The van der Waals surface area contributed by atoms with E-state index in [0.29, 0.717) is 27.8 Å². The predicted molar refractivity (Wildman–Crippen MR) is 133 cm³/mol. The number of benzene rings is 3. The van der Waals surface area contributed by atoms with E-state index in [1.807, 2.05) is 66.9 Å². The van der Waals surface area contributed by atoms with E-state index in [1.165, 1.54) is 6.92 Å². The first-order valence-electron chi connectivity index (χ1n) is 10.5. The van der Waals surface area contributed by atoms with E-state index in [0.717, 1.165) is 16.8 Å². The summed E-state index contributed by atoms with van der Waals surface area (Å²) < 4.78 is 0. The lowest BCUT2D eigenvalue weighted by Crippen LogP contribution is -2.49. The van der Waals surface area contributed by atoms with Crippen LogP contribution in [0, 0.1) is 0 Å². The summed E-state index contributed by atoms with van der Waals surface area (Å²) in [6.45, 7) is 1.51. The van der Waals surface area contributed by atoms with Gasteiger partial charge >= 0.3 is 5.97 Å². The van der Waals surface area contributed by atoms with E-state index < -0.39 is 17.4 Å². The fraction of sp³-hybridized carbons (Fsp3) is 0.148. The molecule has 0 saturated heterocycles. The molecule has 4 rings (SSSR count). The number of para-hydroxylation sites is 1. The third kappa shape index (κ3) is 4.34. The van der Waals surface area contributed by atoms with Crippen molar-refractivity contribution in [2.45, 2.75) is 18.2 Å². The van der Waals surface area contributed by atoms with Gasteiger partial charge in [-0.1, -0.05) is 78.9 Å². The average molecular weight is 457 g/mol. The van der Waals surface area contributed by atoms with Gasteiger partial charge in [-0.15, -0.1) is 0 Å². The molecule has 2 N–H and O–H groups in total. The highest BCUT2D eigenvalue weighted by Crippen LogP contribution is 2.33. The average Bonchev–Trinajstić information content (AvgIpc) is 2.84. The van der Waals surface area contributed by atoms with Crippen LogP contribution in [0.3, 0.4) is 0 Å². The van der Waals surface area contributed by atoms with Crippen LogP contribution in [0.4, 0.5) is 0 Å². The summed E-state index contributed by atoms with van der Waals surface area (Å²) in [5.41, 5.74) is 2.47. The molecule has 5 nitrogen and oxygen atoms in total. The van der Waals surface area contributed by atoms with E-state index in [4.69, 9.17) is 4.98 Å². The Kier molecular flexibility index (Phi) is 6.47. The van der Waals surface area contributed by atoms with Crippen molar-refractivity contribution in [3.8, 4) is 11.3 Å². The number of fused-ring (bicyclic) bond motifs is 1. The van der Waals surface area contributed by atoms with Crippen molar-refractivity contribution < 1.29 is 14.7 Å². The Balaban J connectivity index is 1.93. The number of nitrogens with zero attached hydrogens (tertiary/aromatic N) is 1. The van der Waals surface area contributed by atoms with Gasteiger partial charge < -0.3 is 10.4 Å². The number of aromatic nitrogens is 1. The Morgan fingerprint density at radius 1 is 0.939 bits per heavy atom. The van der Waals surface area contributed by atoms with E-state index >= 15 is 0 Å². The SMILES string of the molecule is CSCc1c(-c2ccccc2)nc2ccccc2c1C(=O)NC(C)(C(=O)O)c1ccccc1. The maximum Gasteiger partial charge on any atom is 0.333 e. The molecule has 6 heteroatoms. The second-order valence-corrected chi connectivity index (χ2v) is 8.75. The quantitative estimate of drug-likeness (QED) is 0.384. The van der Waals surface area contributed by atoms with Crippen LogP contribution in [0.25, 0.3) is 22.2 Å². The van der Waals surface area contributed by atoms with E-state index in [1.54, 1.807) is 36.0 Å². The molecule has 0 aliphatic carbocycles. The van der Waals surface area contributed by atoms with Crippen molar-refractivity contribution in [1.29, 1.82) is 0 Å². The molecule has 0 fully saturated rings. The third-order valence-corrected chi connectivity index (χ3v) is 6.28. The molecule has 1 unspecified atom stereocenters. The molecule has 1 heterocycles. The van der Waals surface area contributed by atoms with Gasteiger partial charge in [-0.2, -0.15) is 11.8 Å². The summed E-state index contributed by atoms with van der Waals surface area (Å²) in [7, 11) is 0. The predicted octanol–water partition coefficient (Wildman–Crippen LogP) is 5.49. The summed E-state index contributed by atoms with van der Waals surface area (Å²) in [6.07, 6.45) is 1.97. The molecule has 33 heavy (non-hydrogen) atoms. The highest BCUT2D eigenvalue weighted by molar-refractivity contribution is 7.97. The van der Waals surface area contributed by atoms with Gasteiger partial charge in [0.25, 0.3) is 5.91 Å². The topological polar surface area (TPSA) is 79.3 Å². The number of aliphatic carboxylic acids is 1. The Morgan fingerprint density at radius 2 is 1.55 bits per heavy atom. The van der Waals surface area contributed by atoms with Crippen LogP contribution in [0.15, 0.2) is 84.9 Å². The van der Waals surface area contributed by atoms with Gasteiger partial charge in [0.15, 0.2) is 5.54 Å². The summed E-state index contributed by atoms with van der Waals surface area (Å²) in [5, 5.41) is 13.6. The van der Waals surface area contributed by atoms with Gasteiger partial charge in [0.05, 0.1) is 16.8 Å². The summed E-state index contributed by atoms with van der Waals surface area (Å²) in [5.74, 6) is -1.02. The first-order chi connectivity index (χ1) is 16.0. The van der Waals surface area contributed by atoms with E-state index in [-0.39, 0.29) is 0 Å². The van der Waals surface area contributed by atoms with E-state index in [2.05, 4.69) is 5.32 Å². The van der Waals surface area contributed by atoms with Crippen molar-refractivity contribution in [2.24, 2.45) is 0 Å². The Bertz CT molecular complexity index is 1310. The summed E-state index contributed by atoms with van der Waals surface area (Å²) >= 11 is 1.59. The van der Waals surface area contributed by atoms with Crippen LogP contribution in [0.2, 0.25) is 0 Å². The smallest absolute Gasteiger partial charge is 0.333 e. The Labute approximate surface area is 196 Å². The number of carboxylic acid groups (broad SMARTS) is 1. The zero-order chi connectivity index (χ0) is 23.4. The van der Waals surface area contributed by atoms with Crippen molar-refractivity contribution in [1.82, 2.24) is 10.3 Å². The van der Waals surface area contributed by atoms with Crippen molar-refractivity contribution >= 4 is 34.5 Å². The molecule has 1 aromatic heterocycles. The molecule has 4 aromatic rings. The van der Waals surface area contributed by atoms with Gasteiger partial charge in [0.2, 0.25) is 0 Å². The molecule has 0 radical (unpaired) electrons. The molecule has 0 saturated carbocycles. The van der Waals surface area contributed by atoms with Crippen LogP contribution in [0.1, 0.15) is 28.4 Å². The van der Waals surface area contributed by atoms with Crippen molar-refractivity contribution in [3.05, 3.63) is 102 Å². The number of nitrogens with one attached hydrogen (secondary N) is 1. The van der Waals surface area contributed by atoms with Gasteiger partial charge in [0.1, 0.15) is 0 Å². The minimum atomic E-state index is -1.59. The first-order valence-corrected chi connectivity index (χ1v) is 11.9. The lowest BCUT2D eigenvalue weighted by atomic mass is 9.90. The number of pyridine rings is 1. The molecular weight excluding hydrogens is 432 g/mol. The minimum absolute atomic E-state index is 0.441. The zero-order valence-electron chi connectivity index (χ0n) is 18.4. The highest BCUT2D eigenvalue weighted by Gasteiger charge is 2.38. The summed E-state index contributed by atoms with van der Waals surface area (Å²) in [4.78, 5) is 31.0. The van der Waals surface area contributed by atoms with Gasteiger partial charge in [-0.3, -0.25) is 4.79 Å². The second kappa shape index (κ2) is 9.46. The highest BCUT2D eigenvalue weighted by atomic mass is 32.2. The van der Waals surface area contributed by atoms with Crippen LogP contribution in [-0.2, 0) is 16.1 Å². The molecule has 0 bridgehead atoms. The lowest BCUT2D eigenvalue weighted by molar-refractivity contribution is -0.144. The number of hydrogen-bond acceptors (Lipinski definition) is 4. The maximum absolute atomic E-state index is 13.8. The van der Waals surface area contributed by atoms with Crippen LogP contribution in [0.5, 0.6) is 0 Å². The molecule has 166 valence electrons. The van der Waals surface area contributed by atoms with Crippen molar-refractivity contribution in [3.63, 3.8) is 0 Å². The van der Waals surface area contributed by atoms with E-state index in [9.17, 15) is 14.7 Å². The molecule has 3 aromatic carbocycles. The standard InChI is InChI=1S/C27H24N2O3S/c1-27(26(31)32,19-13-7-4-8-14-19)29-25(30)23-20-15-9-10-16-22(20)28-24(21(23)17-33-2)18-11-5-3-6-12-18/h3-16H,17H2,1-2H3,(H,29,30)(H,31,32). The van der Waals surface area contributed by atoms with Crippen LogP contribution in [-0.4, -0.2) is 28.2 Å². The zero-order valence-corrected chi connectivity index (χ0v) is 19.2. The maximum atomic E-state index is 13.8. The normalized spacial score (nSPS) is 12.8. The fourth-order valence-corrected chi connectivity index (χ4v) is 4.51. The number of rotatable bonds is 7. The number of thioether (sulfide) groups is 1. The largest absolute Gasteiger partial charge is 0.479 e. The number of carbonyl (C=O) groups is 2. The number of carbonyl (C=O) groups excluding carboxylic acids is 1. The van der Waals surface area contributed by atoms with Gasteiger partial charge in [-0.25, -0.2) is 9.78 Å².